The maximum Gasteiger partial charge on any atom is 0.220 e. The second-order valence-electron chi connectivity index (χ2n) is 16.8. The Morgan fingerprint density at radius 2 is 1.09 bits per heavy atom. The zero-order valence-corrected chi connectivity index (χ0v) is 38.7. The van der Waals surface area contributed by atoms with Crippen LogP contribution in [0.3, 0.4) is 0 Å². The van der Waals surface area contributed by atoms with Gasteiger partial charge in [0.15, 0.2) is 12.6 Å². The molecule has 2 fully saturated rings. The Morgan fingerprint density at radius 1 is 0.578 bits per heavy atom. The molecule has 12 unspecified atom stereocenters. The fraction of sp³-hybridized carbons (Fsp3) is 0.740. The van der Waals surface area contributed by atoms with Gasteiger partial charge in [-0.1, -0.05) is 145 Å². The first-order chi connectivity index (χ1) is 31.1. The van der Waals surface area contributed by atoms with E-state index in [1.165, 1.54) is 38.5 Å². The molecule has 2 saturated heterocycles. The minimum Gasteiger partial charge on any atom is -0.394 e. The molecule has 64 heavy (non-hydrogen) atoms. The Balaban J connectivity index is 1.75. The van der Waals surface area contributed by atoms with Crippen molar-refractivity contribution >= 4 is 5.91 Å². The summed E-state index contributed by atoms with van der Waals surface area (Å²) in [6, 6.07) is -0.933. The van der Waals surface area contributed by atoms with Gasteiger partial charge in [0.2, 0.25) is 5.91 Å². The van der Waals surface area contributed by atoms with Gasteiger partial charge in [-0.05, 0) is 64.2 Å². The third-order valence-electron chi connectivity index (χ3n) is 11.4. The van der Waals surface area contributed by atoms with Crippen molar-refractivity contribution < 1.29 is 64.6 Å². The van der Waals surface area contributed by atoms with Crippen LogP contribution in [0.2, 0.25) is 0 Å². The molecule has 9 N–H and O–H groups in total. The zero-order chi connectivity index (χ0) is 46.8. The van der Waals surface area contributed by atoms with Crippen molar-refractivity contribution in [1.82, 2.24) is 5.32 Å². The standard InChI is InChI=1S/C50H85NO13/c1-3-5-7-9-11-12-13-14-15-16-17-18-19-20-21-22-23-24-25-26-28-30-32-34-42(55)51-38(39(54)33-31-29-27-10-8-6-4-2)37-61-49-47(60)45(58)48(41(36-53)63-49)64-50-46(59)44(57)43(56)40(35-52)62-50/h5,7-8,10-12,14-15,17-18,31,33,38-41,43-50,52-54,56-60H,3-4,6,9,13,16,19-30,32,34-37H2,1-2H3,(H,51,55)/b7-5-,10-8+,12-11-,15-14-,18-17-,33-31+. The molecule has 0 aromatic heterocycles. The van der Waals surface area contributed by atoms with Crippen LogP contribution < -0.4 is 5.32 Å². The zero-order valence-electron chi connectivity index (χ0n) is 38.7. The monoisotopic (exact) mass is 908 g/mol. The van der Waals surface area contributed by atoms with Gasteiger partial charge < -0.3 is 65.1 Å². The van der Waals surface area contributed by atoms with E-state index in [0.717, 1.165) is 70.6 Å². The fourth-order valence-electron chi connectivity index (χ4n) is 7.42. The lowest BCUT2D eigenvalue weighted by Crippen LogP contribution is -2.65. The topological polar surface area (TPSA) is 228 Å². The number of nitrogens with one attached hydrogen (secondary N) is 1. The molecule has 0 aliphatic carbocycles. The van der Waals surface area contributed by atoms with Gasteiger partial charge >= 0.3 is 0 Å². The molecule has 2 aliphatic heterocycles. The predicted molar refractivity (Wildman–Crippen MR) is 249 cm³/mol. The fourth-order valence-corrected chi connectivity index (χ4v) is 7.42. The molecular weight excluding hydrogens is 823 g/mol. The Morgan fingerprint density at radius 3 is 1.70 bits per heavy atom. The number of hydrogen-bond acceptors (Lipinski definition) is 13. The summed E-state index contributed by atoms with van der Waals surface area (Å²) in [5.74, 6) is -0.264. The van der Waals surface area contributed by atoms with E-state index in [1.807, 2.05) is 6.08 Å². The van der Waals surface area contributed by atoms with Crippen LogP contribution in [0.4, 0.5) is 0 Å². The van der Waals surface area contributed by atoms with Crippen molar-refractivity contribution in [2.45, 2.75) is 216 Å². The highest BCUT2D eigenvalue weighted by atomic mass is 16.7. The van der Waals surface area contributed by atoms with Crippen LogP contribution in [0, 0.1) is 0 Å². The molecule has 0 radical (unpaired) electrons. The summed E-state index contributed by atoms with van der Waals surface area (Å²) in [5.41, 5.74) is 0. The van der Waals surface area contributed by atoms with Gasteiger partial charge in [0.05, 0.1) is 32.0 Å². The number of amides is 1. The minimum atomic E-state index is -1.79. The summed E-state index contributed by atoms with van der Waals surface area (Å²) >= 11 is 0. The van der Waals surface area contributed by atoms with Crippen LogP contribution in [-0.2, 0) is 23.7 Å². The molecule has 0 bridgehead atoms. The minimum absolute atomic E-state index is 0.263. The van der Waals surface area contributed by atoms with Crippen molar-refractivity contribution in [2.24, 2.45) is 0 Å². The summed E-state index contributed by atoms with van der Waals surface area (Å²) in [7, 11) is 0. The average Bonchev–Trinajstić information content (AvgIpc) is 3.29. The molecule has 368 valence electrons. The largest absolute Gasteiger partial charge is 0.394 e. The summed E-state index contributed by atoms with van der Waals surface area (Å²) < 4.78 is 22.6. The first-order valence-corrected chi connectivity index (χ1v) is 24.2. The van der Waals surface area contributed by atoms with E-state index in [0.29, 0.717) is 12.8 Å². The maximum atomic E-state index is 13.1. The van der Waals surface area contributed by atoms with E-state index in [2.05, 4.69) is 79.9 Å². The summed E-state index contributed by atoms with van der Waals surface area (Å²) in [5, 5.41) is 86.3. The molecule has 14 nitrogen and oxygen atoms in total. The molecule has 0 saturated carbocycles. The molecule has 12 atom stereocenters. The van der Waals surface area contributed by atoms with Crippen molar-refractivity contribution in [3.05, 3.63) is 72.9 Å². The summed E-state index contributed by atoms with van der Waals surface area (Å²) in [6.07, 6.45) is 28.4. The van der Waals surface area contributed by atoms with Crippen LogP contribution in [0.15, 0.2) is 72.9 Å². The van der Waals surface area contributed by atoms with Crippen molar-refractivity contribution in [3.63, 3.8) is 0 Å². The number of aliphatic hydroxyl groups excluding tert-OH is 8. The number of hydrogen-bond donors (Lipinski definition) is 9. The number of allylic oxidation sites excluding steroid dienone is 11. The van der Waals surface area contributed by atoms with Crippen LogP contribution in [0.25, 0.3) is 0 Å². The number of aliphatic hydroxyl groups is 8. The molecule has 2 aliphatic rings. The second kappa shape index (κ2) is 36.5. The van der Waals surface area contributed by atoms with Crippen molar-refractivity contribution in [3.8, 4) is 0 Å². The van der Waals surface area contributed by atoms with Gasteiger partial charge in [0.1, 0.15) is 48.8 Å². The molecule has 14 heteroatoms. The maximum absolute atomic E-state index is 13.1. The van der Waals surface area contributed by atoms with E-state index in [-0.39, 0.29) is 18.9 Å². The number of rotatable bonds is 35. The van der Waals surface area contributed by atoms with Crippen LogP contribution >= 0.6 is 0 Å². The number of ether oxygens (including phenoxy) is 4. The first-order valence-electron chi connectivity index (χ1n) is 24.2. The van der Waals surface area contributed by atoms with Gasteiger partial charge in [-0.2, -0.15) is 0 Å². The normalized spacial score (nSPS) is 27.9. The Bertz CT molecular complexity index is 1350. The highest BCUT2D eigenvalue weighted by Gasteiger charge is 2.51. The molecular formula is C50H85NO13. The molecule has 1 amide bonds. The number of unbranched alkanes of at least 4 members (excludes halogenated alkanes) is 12. The lowest BCUT2D eigenvalue weighted by atomic mass is 9.97. The van der Waals surface area contributed by atoms with Gasteiger partial charge in [0, 0.05) is 6.42 Å². The SMILES string of the molecule is CC/C=C\C/C=C\C/C=C\C/C=C\CCCCCCCCCCCCC(=O)NC(COC1OC(CO)C(OC2OC(CO)C(O)C(O)C2O)C(O)C1O)C(O)/C=C/CC/C=C/CCC. The van der Waals surface area contributed by atoms with E-state index < -0.39 is 86.8 Å². The lowest BCUT2D eigenvalue weighted by molar-refractivity contribution is -0.359. The van der Waals surface area contributed by atoms with Gasteiger partial charge in [-0.3, -0.25) is 4.79 Å². The number of carbonyl (C=O) groups is 1. The third kappa shape index (κ3) is 23.7. The van der Waals surface area contributed by atoms with Gasteiger partial charge in [0.25, 0.3) is 0 Å². The van der Waals surface area contributed by atoms with Crippen molar-refractivity contribution in [1.29, 1.82) is 0 Å². The average molecular weight is 908 g/mol. The molecule has 0 spiro atoms. The third-order valence-corrected chi connectivity index (χ3v) is 11.4. The van der Waals surface area contributed by atoms with E-state index >= 15 is 0 Å². The highest BCUT2D eigenvalue weighted by molar-refractivity contribution is 5.76. The van der Waals surface area contributed by atoms with Crippen LogP contribution in [0.5, 0.6) is 0 Å². The van der Waals surface area contributed by atoms with Crippen molar-refractivity contribution in [2.75, 3.05) is 19.8 Å². The predicted octanol–water partition coefficient (Wildman–Crippen LogP) is 5.65. The van der Waals surface area contributed by atoms with E-state index in [4.69, 9.17) is 18.9 Å². The number of carbonyl (C=O) groups excluding carboxylic acids is 1. The van der Waals surface area contributed by atoms with E-state index in [1.54, 1.807) is 6.08 Å². The Kier molecular flexibility index (Phi) is 32.9. The second-order valence-corrected chi connectivity index (χ2v) is 16.8. The summed E-state index contributed by atoms with van der Waals surface area (Å²) in [6.45, 7) is 2.50. The Hall–Kier alpha value is -2.57. The first kappa shape index (κ1) is 57.6. The summed E-state index contributed by atoms with van der Waals surface area (Å²) in [4.78, 5) is 13.1. The lowest BCUT2D eigenvalue weighted by Gasteiger charge is -2.46. The Labute approximate surface area is 383 Å². The van der Waals surface area contributed by atoms with E-state index in [9.17, 15) is 45.6 Å². The molecule has 0 aromatic carbocycles. The van der Waals surface area contributed by atoms with Gasteiger partial charge in [-0.25, -0.2) is 0 Å². The molecule has 2 rings (SSSR count). The smallest absolute Gasteiger partial charge is 0.220 e. The molecule has 0 aromatic rings. The quantitative estimate of drug-likeness (QED) is 0.0277. The highest BCUT2D eigenvalue weighted by Crippen LogP contribution is 2.30. The molecule has 2 heterocycles. The van der Waals surface area contributed by atoms with Gasteiger partial charge in [-0.15, -0.1) is 0 Å². The van der Waals surface area contributed by atoms with Crippen LogP contribution in [-0.4, -0.2) is 140 Å². The van der Waals surface area contributed by atoms with Crippen LogP contribution in [0.1, 0.15) is 142 Å².